The molecule has 0 spiro atoms. The van der Waals surface area contributed by atoms with Crippen LogP contribution in [0.3, 0.4) is 0 Å². The van der Waals surface area contributed by atoms with Gasteiger partial charge in [0.05, 0.1) is 0 Å². The summed E-state index contributed by atoms with van der Waals surface area (Å²) in [4.78, 5) is 27.3. The van der Waals surface area contributed by atoms with Crippen LogP contribution in [0.2, 0.25) is 0 Å². The summed E-state index contributed by atoms with van der Waals surface area (Å²) >= 11 is 0. The Kier molecular flexibility index (Phi) is 8.17. The largest absolute Gasteiger partial charge is 0.457 e. The molecule has 10 nitrogen and oxygen atoms in total. The van der Waals surface area contributed by atoms with Crippen LogP contribution in [-0.2, 0) is 4.79 Å². The summed E-state index contributed by atoms with van der Waals surface area (Å²) in [5, 5.41) is 9.57. The molecule has 5 aromatic rings. The third-order valence-electron chi connectivity index (χ3n) is 6.14. The van der Waals surface area contributed by atoms with Crippen molar-refractivity contribution in [3.05, 3.63) is 91.1 Å². The maximum Gasteiger partial charge on any atom is 0.224 e. The average Bonchev–Trinajstić information content (AvgIpc) is 3.38. The Morgan fingerprint density at radius 2 is 1.68 bits per heavy atom. The Hall–Kier alpha value is -4.96. The van der Waals surface area contributed by atoms with E-state index in [9.17, 15) is 4.79 Å². The SMILES string of the molecule is Cc1cc(Nc2cc(Nc3cccc(NC(=O)CCCN(C)C)c3)ncn2)ccc1Oc1ccn2ccnc2c1. The quantitative estimate of drug-likeness (QED) is 0.189. The third kappa shape index (κ3) is 7.12. The molecule has 3 N–H and O–H groups in total. The molecule has 0 bridgehead atoms. The Bertz CT molecular complexity index is 1610. The molecule has 5 rings (SSSR count). The Morgan fingerprint density at radius 3 is 2.45 bits per heavy atom. The number of nitrogens with zero attached hydrogens (tertiary/aromatic N) is 5. The van der Waals surface area contributed by atoms with E-state index in [-0.39, 0.29) is 5.91 Å². The number of hydrogen-bond donors (Lipinski definition) is 3. The van der Waals surface area contributed by atoms with E-state index in [0.717, 1.165) is 52.7 Å². The molecule has 0 atom stereocenters. The maximum absolute atomic E-state index is 12.3. The molecule has 204 valence electrons. The van der Waals surface area contributed by atoms with Gasteiger partial charge < -0.3 is 30.0 Å². The summed E-state index contributed by atoms with van der Waals surface area (Å²) in [6.07, 6.45) is 8.35. The van der Waals surface area contributed by atoms with Crippen LogP contribution in [0.5, 0.6) is 11.5 Å². The molecule has 1 amide bonds. The van der Waals surface area contributed by atoms with Gasteiger partial charge in [-0.15, -0.1) is 0 Å². The third-order valence-corrected chi connectivity index (χ3v) is 6.14. The fourth-order valence-electron chi connectivity index (χ4n) is 4.17. The van der Waals surface area contributed by atoms with Gasteiger partial charge in [-0.1, -0.05) is 6.07 Å². The number of nitrogens with one attached hydrogen (secondary N) is 3. The Labute approximate surface area is 233 Å². The lowest BCUT2D eigenvalue weighted by Crippen LogP contribution is -2.17. The van der Waals surface area contributed by atoms with Crippen LogP contribution in [0.1, 0.15) is 18.4 Å². The lowest BCUT2D eigenvalue weighted by Gasteiger charge is -2.13. The van der Waals surface area contributed by atoms with Gasteiger partial charge in [0.1, 0.15) is 35.1 Å². The highest BCUT2D eigenvalue weighted by atomic mass is 16.5. The summed E-state index contributed by atoms with van der Waals surface area (Å²) < 4.78 is 8.03. The number of carbonyl (C=O) groups excluding carboxylic acids is 1. The van der Waals surface area contributed by atoms with Crippen LogP contribution in [0.4, 0.5) is 28.7 Å². The van der Waals surface area contributed by atoms with Crippen molar-refractivity contribution in [2.24, 2.45) is 0 Å². The van der Waals surface area contributed by atoms with Crippen molar-refractivity contribution in [2.75, 3.05) is 36.6 Å². The zero-order chi connectivity index (χ0) is 27.9. The monoisotopic (exact) mass is 536 g/mol. The van der Waals surface area contributed by atoms with Crippen LogP contribution in [0.15, 0.2) is 85.6 Å². The second kappa shape index (κ2) is 12.3. The molecular weight excluding hydrogens is 504 g/mol. The van der Waals surface area contributed by atoms with E-state index in [4.69, 9.17) is 4.74 Å². The number of carbonyl (C=O) groups is 1. The zero-order valence-electron chi connectivity index (χ0n) is 22.8. The Morgan fingerprint density at radius 1 is 0.900 bits per heavy atom. The molecule has 2 aromatic carbocycles. The number of rotatable bonds is 11. The van der Waals surface area contributed by atoms with Crippen molar-refractivity contribution in [3.63, 3.8) is 0 Å². The van der Waals surface area contributed by atoms with Crippen molar-refractivity contribution < 1.29 is 9.53 Å². The minimum atomic E-state index is -0.00155. The number of ether oxygens (including phenoxy) is 1. The highest BCUT2D eigenvalue weighted by Crippen LogP contribution is 2.29. The van der Waals surface area contributed by atoms with Crippen LogP contribution >= 0.6 is 0 Å². The molecule has 0 fully saturated rings. The maximum atomic E-state index is 12.3. The molecule has 0 aliphatic rings. The first-order valence-electron chi connectivity index (χ1n) is 13.0. The fraction of sp³-hybridized carbons (Fsp3) is 0.200. The van der Waals surface area contributed by atoms with Crippen molar-refractivity contribution in [3.8, 4) is 11.5 Å². The fourth-order valence-corrected chi connectivity index (χ4v) is 4.17. The second-order valence-corrected chi connectivity index (χ2v) is 9.71. The van der Waals surface area contributed by atoms with Crippen LogP contribution in [-0.4, -0.2) is 50.8 Å². The van der Waals surface area contributed by atoms with Gasteiger partial charge in [0.2, 0.25) is 5.91 Å². The molecule has 3 aromatic heterocycles. The summed E-state index contributed by atoms with van der Waals surface area (Å²) in [5.74, 6) is 2.75. The highest BCUT2D eigenvalue weighted by molar-refractivity contribution is 5.91. The van der Waals surface area contributed by atoms with Crippen LogP contribution in [0, 0.1) is 6.92 Å². The molecule has 0 unspecified atom stereocenters. The minimum Gasteiger partial charge on any atom is -0.457 e. The standard InChI is InChI=1S/C30H32N8O2/c1-21-16-24(9-10-26(21)40-25-11-14-38-15-12-31-29(38)18-25)35-28-19-27(32-20-33-28)34-22-6-4-7-23(17-22)36-30(39)8-5-13-37(2)3/h4,6-7,9-12,14-20H,5,8,13H2,1-3H3,(H,36,39)(H2,32,33,34,35). The number of anilines is 5. The zero-order valence-corrected chi connectivity index (χ0v) is 22.8. The average molecular weight is 537 g/mol. The first-order valence-corrected chi connectivity index (χ1v) is 13.0. The number of aromatic nitrogens is 4. The molecule has 0 radical (unpaired) electrons. The number of hydrogen-bond acceptors (Lipinski definition) is 8. The molecule has 0 saturated heterocycles. The first-order chi connectivity index (χ1) is 19.4. The number of benzene rings is 2. The minimum absolute atomic E-state index is 0.00155. The van der Waals surface area contributed by atoms with E-state index in [2.05, 4.69) is 35.8 Å². The molecule has 0 aliphatic carbocycles. The predicted molar refractivity (Wildman–Crippen MR) is 158 cm³/mol. The number of fused-ring (bicyclic) bond motifs is 1. The summed E-state index contributed by atoms with van der Waals surface area (Å²) in [6.45, 7) is 2.87. The second-order valence-electron chi connectivity index (χ2n) is 9.71. The van der Waals surface area contributed by atoms with Gasteiger partial charge in [0.25, 0.3) is 0 Å². The molecule has 0 aliphatic heterocycles. The van der Waals surface area contributed by atoms with Gasteiger partial charge in [-0.2, -0.15) is 0 Å². The van der Waals surface area contributed by atoms with Gasteiger partial charge in [-0.3, -0.25) is 4.79 Å². The van der Waals surface area contributed by atoms with Crippen molar-refractivity contribution in [1.29, 1.82) is 0 Å². The van der Waals surface area contributed by atoms with Gasteiger partial charge >= 0.3 is 0 Å². The van der Waals surface area contributed by atoms with Gasteiger partial charge in [0, 0.05) is 54.2 Å². The first kappa shape index (κ1) is 26.6. The molecular formula is C30H32N8O2. The number of imidazole rings is 1. The van der Waals surface area contributed by atoms with E-state index in [1.165, 1.54) is 6.33 Å². The van der Waals surface area contributed by atoms with Crippen LogP contribution in [0.25, 0.3) is 5.65 Å². The molecule has 40 heavy (non-hydrogen) atoms. The smallest absolute Gasteiger partial charge is 0.224 e. The summed E-state index contributed by atoms with van der Waals surface area (Å²) in [5.41, 5.74) is 4.21. The number of aryl methyl sites for hydroxylation is 1. The molecule has 0 saturated carbocycles. The number of amides is 1. The van der Waals surface area contributed by atoms with Crippen molar-refractivity contribution in [1.82, 2.24) is 24.3 Å². The van der Waals surface area contributed by atoms with Crippen molar-refractivity contribution >= 4 is 40.3 Å². The normalized spacial score (nSPS) is 11.0. The lowest BCUT2D eigenvalue weighted by molar-refractivity contribution is -0.116. The van der Waals surface area contributed by atoms with E-state index in [0.29, 0.717) is 18.1 Å². The van der Waals surface area contributed by atoms with Crippen LogP contribution < -0.4 is 20.7 Å². The van der Waals surface area contributed by atoms with Gasteiger partial charge in [0.15, 0.2) is 0 Å². The predicted octanol–water partition coefficient (Wildman–Crippen LogP) is 5.99. The van der Waals surface area contributed by atoms with E-state index in [1.54, 1.807) is 6.20 Å². The molecule has 3 heterocycles. The lowest BCUT2D eigenvalue weighted by atomic mass is 10.2. The molecule has 10 heteroatoms. The van der Waals surface area contributed by atoms with E-state index >= 15 is 0 Å². The van der Waals surface area contributed by atoms with E-state index in [1.807, 2.05) is 98.5 Å². The number of pyridine rings is 1. The Balaban J connectivity index is 1.20. The van der Waals surface area contributed by atoms with E-state index < -0.39 is 0 Å². The van der Waals surface area contributed by atoms with Crippen molar-refractivity contribution in [2.45, 2.75) is 19.8 Å². The van der Waals surface area contributed by atoms with Gasteiger partial charge in [-0.25, -0.2) is 15.0 Å². The summed E-state index contributed by atoms with van der Waals surface area (Å²) in [7, 11) is 4.00. The summed E-state index contributed by atoms with van der Waals surface area (Å²) in [6, 6.07) is 19.1. The topological polar surface area (TPSA) is 109 Å². The van der Waals surface area contributed by atoms with Gasteiger partial charge in [-0.05, 0) is 82.0 Å². The highest BCUT2D eigenvalue weighted by Gasteiger charge is 2.08.